The van der Waals surface area contributed by atoms with E-state index in [1.165, 1.54) is 29.2 Å². The van der Waals surface area contributed by atoms with Crippen molar-refractivity contribution in [2.75, 3.05) is 4.90 Å². The molecule has 4 rings (SSSR count). The van der Waals surface area contributed by atoms with Gasteiger partial charge in [-0.15, -0.1) is 0 Å². The van der Waals surface area contributed by atoms with Gasteiger partial charge in [0.15, 0.2) is 0 Å². The van der Waals surface area contributed by atoms with E-state index in [0.717, 1.165) is 27.8 Å². The van der Waals surface area contributed by atoms with Gasteiger partial charge in [0.25, 0.3) is 11.8 Å². The van der Waals surface area contributed by atoms with Crippen LogP contribution in [-0.2, 0) is 24.4 Å². The van der Waals surface area contributed by atoms with Crippen molar-refractivity contribution in [1.82, 2.24) is 4.90 Å². The Hall–Kier alpha value is -3.12. The van der Waals surface area contributed by atoms with Gasteiger partial charge in [-0.05, 0) is 48.4 Å². The maximum atomic E-state index is 13.1. The first-order chi connectivity index (χ1) is 16.1. The normalized spacial score (nSPS) is 20.7. The number of allylic oxidation sites excluding steroid dienone is 2. The van der Waals surface area contributed by atoms with Crippen LogP contribution in [0.25, 0.3) is 6.08 Å². The molecule has 174 valence electrons. The maximum absolute atomic E-state index is 13.1. The fraction of sp³-hybridized carbons (Fsp3) is 0.130. The Morgan fingerprint density at radius 3 is 2.35 bits per heavy atom. The Bertz CT molecular complexity index is 1370. The second-order valence-corrected chi connectivity index (χ2v) is 10.9. The molecule has 2 aromatic rings. The molecule has 2 N–H and O–H groups in total. The summed E-state index contributed by atoms with van der Waals surface area (Å²) in [6.45, 7) is 1.86. The molecule has 2 aliphatic heterocycles. The van der Waals surface area contributed by atoms with Crippen LogP contribution in [0.2, 0.25) is 0 Å². The summed E-state index contributed by atoms with van der Waals surface area (Å²) in [4.78, 5) is 41.2. The molecule has 0 spiro atoms. The number of anilines is 1. The fourth-order valence-electron chi connectivity index (χ4n) is 3.68. The van der Waals surface area contributed by atoms with Crippen molar-refractivity contribution < 1.29 is 22.8 Å². The minimum atomic E-state index is -3.92. The standard InChI is InChI=1S/C23H19N3O5S3/c1-14(11-15-5-3-2-4-6-15)12-19-22(29)26(23(32)33-19)18-13-20(27)25(21(18)28)16-7-9-17(10-8-16)34(24,30)31/h2-12,18H,13H2,1H3,(H2,24,30,31)/b14-11+,19-12-/t18-/m0/s1. The van der Waals surface area contributed by atoms with Crippen LogP contribution in [0.5, 0.6) is 0 Å². The molecule has 2 saturated heterocycles. The summed E-state index contributed by atoms with van der Waals surface area (Å²) < 4.78 is 23.1. The molecule has 0 aromatic heterocycles. The molecular weight excluding hydrogens is 494 g/mol. The number of rotatable bonds is 5. The third kappa shape index (κ3) is 4.73. The predicted molar refractivity (Wildman–Crippen MR) is 134 cm³/mol. The van der Waals surface area contributed by atoms with Crippen molar-refractivity contribution in [2.24, 2.45) is 5.14 Å². The van der Waals surface area contributed by atoms with E-state index in [-0.39, 0.29) is 21.3 Å². The van der Waals surface area contributed by atoms with Gasteiger partial charge in [-0.3, -0.25) is 19.3 Å². The minimum Gasteiger partial charge on any atom is -0.280 e. The Balaban J connectivity index is 1.56. The summed E-state index contributed by atoms with van der Waals surface area (Å²) >= 11 is 6.44. The number of hydrogen-bond acceptors (Lipinski definition) is 7. The van der Waals surface area contributed by atoms with Crippen LogP contribution >= 0.6 is 24.0 Å². The number of imide groups is 1. The zero-order chi connectivity index (χ0) is 24.6. The van der Waals surface area contributed by atoms with Gasteiger partial charge < -0.3 is 0 Å². The zero-order valence-corrected chi connectivity index (χ0v) is 20.3. The molecule has 2 aliphatic rings. The summed E-state index contributed by atoms with van der Waals surface area (Å²) in [6.07, 6.45) is 3.40. The lowest BCUT2D eigenvalue weighted by Gasteiger charge is -2.21. The van der Waals surface area contributed by atoms with Crippen LogP contribution in [0, 0.1) is 0 Å². The summed E-state index contributed by atoms with van der Waals surface area (Å²) in [5, 5.41) is 5.10. The molecule has 0 saturated carbocycles. The van der Waals surface area contributed by atoms with Crippen molar-refractivity contribution in [3.05, 3.63) is 76.7 Å². The fourth-order valence-corrected chi connectivity index (χ4v) is 5.60. The number of thiocarbonyl (C=S) groups is 1. The molecule has 0 bridgehead atoms. The van der Waals surface area contributed by atoms with E-state index in [9.17, 15) is 22.8 Å². The Morgan fingerprint density at radius 1 is 1.09 bits per heavy atom. The van der Waals surface area contributed by atoms with E-state index in [4.69, 9.17) is 17.4 Å². The third-order valence-electron chi connectivity index (χ3n) is 5.23. The summed E-state index contributed by atoms with van der Waals surface area (Å²) in [5.74, 6) is -1.56. The van der Waals surface area contributed by atoms with Crippen molar-refractivity contribution in [1.29, 1.82) is 0 Å². The average Bonchev–Trinajstić information content (AvgIpc) is 3.21. The van der Waals surface area contributed by atoms with E-state index < -0.39 is 33.8 Å². The van der Waals surface area contributed by atoms with Crippen molar-refractivity contribution >= 4 is 67.8 Å². The van der Waals surface area contributed by atoms with E-state index >= 15 is 0 Å². The van der Waals surface area contributed by atoms with Gasteiger partial charge in [-0.1, -0.05) is 60.4 Å². The Kier molecular flexibility index (Phi) is 6.54. The number of nitrogens with zero attached hydrogens (tertiary/aromatic N) is 2. The number of hydrogen-bond donors (Lipinski definition) is 1. The summed E-state index contributed by atoms with van der Waals surface area (Å²) in [7, 11) is -3.92. The highest BCUT2D eigenvalue weighted by Gasteiger charge is 2.48. The highest BCUT2D eigenvalue weighted by atomic mass is 32.2. The first-order valence-electron chi connectivity index (χ1n) is 10.1. The SMILES string of the molecule is CC(/C=C1\SC(=S)N([C@H]2CC(=O)N(c3ccc(S(N)(=O)=O)cc3)C2=O)C1=O)=C\c1ccccc1. The van der Waals surface area contributed by atoms with E-state index in [2.05, 4.69) is 0 Å². The predicted octanol–water partition coefficient (Wildman–Crippen LogP) is 2.81. The van der Waals surface area contributed by atoms with Gasteiger partial charge in [0.05, 0.1) is 21.9 Å². The van der Waals surface area contributed by atoms with Gasteiger partial charge in [0.2, 0.25) is 15.9 Å². The molecule has 34 heavy (non-hydrogen) atoms. The molecule has 11 heteroatoms. The molecule has 0 unspecified atom stereocenters. The smallest absolute Gasteiger partial charge is 0.266 e. The molecule has 2 aromatic carbocycles. The second kappa shape index (κ2) is 9.26. The van der Waals surface area contributed by atoms with Crippen LogP contribution in [0.4, 0.5) is 5.69 Å². The lowest BCUT2D eigenvalue weighted by Crippen LogP contribution is -2.44. The van der Waals surface area contributed by atoms with Crippen LogP contribution in [-0.4, -0.2) is 41.4 Å². The topological polar surface area (TPSA) is 118 Å². The molecule has 2 heterocycles. The Morgan fingerprint density at radius 2 is 1.74 bits per heavy atom. The van der Waals surface area contributed by atoms with Gasteiger partial charge in [0.1, 0.15) is 10.4 Å². The number of primary sulfonamides is 1. The number of thioether (sulfide) groups is 1. The lowest BCUT2D eigenvalue weighted by molar-refractivity contribution is -0.130. The average molecular weight is 514 g/mol. The van der Waals surface area contributed by atoms with Crippen LogP contribution in [0.1, 0.15) is 18.9 Å². The molecule has 3 amide bonds. The number of amides is 3. The van der Waals surface area contributed by atoms with Crippen molar-refractivity contribution in [3.8, 4) is 0 Å². The van der Waals surface area contributed by atoms with Crippen molar-refractivity contribution in [3.63, 3.8) is 0 Å². The number of carbonyl (C=O) groups excluding carboxylic acids is 3. The second-order valence-electron chi connectivity index (χ2n) is 7.68. The van der Waals surface area contributed by atoms with E-state index in [1.807, 2.05) is 43.3 Å². The molecule has 2 fully saturated rings. The van der Waals surface area contributed by atoms with Gasteiger partial charge in [0, 0.05) is 0 Å². The summed E-state index contributed by atoms with van der Waals surface area (Å²) in [5.41, 5.74) is 2.00. The first-order valence-corrected chi connectivity index (χ1v) is 12.8. The van der Waals surface area contributed by atoms with E-state index in [0.29, 0.717) is 4.91 Å². The number of sulfonamides is 1. The van der Waals surface area contributed by atoms with Gasteiger partial charge in [-0.2, -0.15) is 0 Å². The number of carbonyl (C=O) groups is 3. The van der Waals surface area contributed by atoms with Crippen molar-refractivity contribution in [2.45, 2.75) is 24.3 Å². The Labute approximate surface area is 206 Å². The van der Waals surface area contributed by atoms with E-state index in [1.54, 1.807) is 6.08 Å². The van der Waals surface area contributed by atoms with Crippen LogP contribution in [0.15, 0.2) is 76.0 Å². The first kappa shape index (κ1) is 24.0. The number of benzene rings is 2. The molecular formula is C23H19N3O5S3. The van der Waals surface area contributed by atoms with Gasteiger partial charge in [-0.25, -0.2) is 18.5 Å². The largest absolute Gasteiger partial charge is 0.280 e. The molecule has 0 radical (unpaired) electrons. The van der Waals surface area contributed by atoms with Crippen LogP contribution < -0.4 is 10.0 Å². The zero-order valence-electron chi connectivity index (χ0n) is 17.9. The number of nitrogens with two attached hydrogens (primary N) is 1. The molecule has 8 nitrogen and oxygen atoms in total. The van der Waals surface area contributed by atoms with Crippen LogP contribution in [0.3, 0.4) is 0 Å². The minimum absolute atomic E-state index is 0.145. The monoisotopic (exact) mass is 513 g/mol. The van der Waals surface area contributed by atoms with Gasteiger partial charge >= 0.3 is 0 Å². The highest BCUT2D eigenvalue weighted by molar-refractivity contribution is 8.26. The highest BCUT2D eigenvalue weighted by Crippen LogP contribution is 2.37. The maximum Gasteiger partial charge on any atom is 0.266 e. The quantitative estimate of drug-likeness (QED) is 0.371. The molecule has 1 atom stereocenters. The summed E-state index contributed by atoms with van der Waals surface area (Å²) in [6, 6.07) is 13.6. The molecule has 0 aliphatic carbocycles. The third-order valence-corrected chi connectivity index (χ3v) is 7.49. The lowest BCUT2D eigenvalue weighted by atomic mass is 10.1.